The molecule has 1 rings (SSSR count). The van der Waals surface area contributed by atoms with Gasteiger partial charge in [0.1, 0.15) is 6.61 Å². The summed E-state index contributed by atoms with van der Waals surface area (Å²) in [7, 11) is 0. The van der Waals surface area contributed by atoms with E-state index in [1.165, 1.54) is 0 Å². The number of rotatable bonds is 5. The Labute approximate surface area is 104 Å². The molecule has 17 heavy (non-hydrogen) atoms. The molecule has 0 aromatic heterocycles. The Hall–Kier alpha value is -1.31. The van der Waals surface area contributed by atoms with Gasteiger partial charge in [0.2, 0.25) is 0 Å². The quantitative estimate of drug-likeness (QED) is 0.727. The van der Waals surface area contributed by atoms with Crippen molar-refractivity contribution in [3.8, 4) is 0 Å². The lowest BCUT2D eigenvalue weighted by atomic mass is 9.86. The maximum Gasteiger partial charge on any atom is 0.309 e. The molecule has 0 heterocycles. The third kappa shape index (κ3) is 4.22. The molecule has 0 saturated carbocycles. The summed E-state index contributed by atoms with van der Waals surface area (Å²) in [6.45, 7) is 8.63. The van der Waals surface area contributed by atoms with Crippen molar-refractivity contribution in [1.29, 1.82) is 0 Å². The van der Waals surface area contributed by atoms with Crippen molar-refractivity contribution < 1.29 is 9.53 Å². The minimum absolute atomic E-state index is 0.0151. The van der Waals surface area contributed by atoms with Crippen LogP contribution >= 0.6 is 0 Å². The largest absolute Gasteiger partial charge is 0.461 e. The van der Waals surface area contributed by atoms with Gasteiger partial charge >= 0.3 is 5.97 Å². The van der Waals surface area contributed by atoms with E-state index in [1.807, 2.05) is 30.3 Å². The lowest BCUT2D eigenvalue weighted by Crippen LogP contribution is -2.27. The Balaban J connectivity index is 2.54. The molecular formula is C15H22O2. The molecule has 0 unspecified atom stereocenters. The summed E-state index contributed by atoms with van der Waals surface area (Å²) in [6.07, 6.45) is 0. The van der Waals surface area contributed by atoms with Gasteiger partial charge in [-0.05, 0) is 17.4 Å². The Morgan fingerprint density at radius 3 is 2.06 bits per heavy atom. The number of hydrogen-bond acceptors (Lipinski definition) is 2. The zero-order valence-electron chi connectivity index (χ0n) is 11.1. The van der Waals surface area contributed by atoms with Crippen LogP contribution in [0, 0.1) is 17.8 Å². The summed E-state index contributed by atoms with van der Waals surface area (Å²) in [5.74, 6) is 0.536. The zero-order chi connectivity index (χ0) is 12.8. The minimum Gasteiger partial charge on any atom is -0.461 e. The van der Waals surface area contributed by atoms with Crippen LogP contribution in [0.3, 0.4) is 0 Å². The lowest BCUT2D eigenvalue weighted by Gasteiger charge is -2.22. The van der Waals surface area contributed by atoms with E-state index < -0.39 is 0 Å². The first-order chi connectivity index (χ1) is 8.02. The summed E-state index contributed by atoms with van der Waals surface area (Å²) in [6, 6.07) is 9.79. The van der Waals surface area contributed by atoms with Gasteiger partial charge in [0.05, 0.1) is 5.92 Å². The molecule has 0 aliphatic heterocycles. The number of benzene rings is 1. The van der Waals surface area contributed by atoms with Crippen LogP contribution in [-0.4, -0.2) is 5.97 Å². The maximum atomic E-state index is 12.0. The smallest absolute Gasteiger partial charge is 0.309 e. The van der Waals surface area contributed by atoms with E-state index in [9.17, 15) is 4.79 Å². The van der Waals surface area contributed by atoms with Gasteiger partial charge in [-0.2, -0.15) is 0 Å². The van der Waals surface area contributed by atoms with Crippen LogP contribution in [0.1, 0.15) is 33.3 Å². The molecule has 1 aromatic rings. The van der Waals surface area contributed by atoms with Crippen LogP contribution in [0.4, 0.5) is 0 Å². The van der Waals surface area contributed by atoms with Crippen molar-refractivity contribution in [2.45, 2.75) is 34.3 Å². The zero-order valence-corrected chi connectivity index (χ0v) is 11.1. The highest BCUT2D eigenvalue weighted by atomic mass is 16.5. The average molecular weight is 234 g/mol. The third-order valence-corrected chi connectivity index (χ3v) is 2.93. The van der Waals surface area contributed by atoms with E-state index in [0.29, 0.717) is 18.4 Å². The third-order valence-electron chi connectivity index (χ3n) is 2.93. The second-order valence-corrected chi connectivity index (χ2v) is 5.11. The van der Waals surface area contributed by atoms with Gasteiger partial charge < -0.3 is 4.74 Å². The minimum atomic E-state index is -0.0844. The molecule has 94 valence electrons. The Bertz CT molecular complexity index is 333. The number of carbonyl (C=O) groups is 1. The molecule has 2 heteroatoms. The fourth-order valence-corrected chi connectivity index (χ4v) is 2.14. The summed E-state index contributed by atoms with van der Waals surface area (Å²) in [5, 5.41) is 0. The molecule has 0 radical (unpaired) electrons. The van der Waals surface area contributed by atoms with E-state index in [2.05, 4.69) is 27.7 Å². The van der Waals surface area contributed by atoms with Crippen molar-refractivity contribution in [3.63, 3.8) is 0 Å². The number of ether oxygens (including phenoxy) is 1. The molecule has 0 spiro atoms. The summed E-state index contributed by atoms with van der Waals surface area (Å²) >= 11 is 0. The van der Waals surface area contributed by atoms with Crippen LogP contribution in [-0.2, 0) is 16.1 Å². The molecule has 0 amide bonds. The van der Waals surface area contributed by atoms with E-state index in [1.54, 1.807) is 0 Å². The summed E-state index contributed by atoms with van der Waals surface area (Å²) in [5.41, 5.74) is 1.03. The topological polar surface area (TPSA) is 26.3 Å². The van der Waals surface area contributed by atoms with Gasteiger partial charge in [-0.1, -0.05) is 58.0 Å². The summed E-state index contributed by atoms with van der Waals surface area (Å²) < 4.78 is 5.37. The number of carbonyl (C=O) groups excluding carboxylic acids is 1. The predicted octanol–water partition coefficient (Wildman–Crippen LogP) is 3.66. The van der Waals surface area contributed by atoms with Crippen LogP contribution in [0.2, 0.25) is 0 Å². The SMILES string of the molecule is CC(C)C(C(=O)OCc1ccccc1)C(C)C. The fraction of sp³-hybridized carbons (Fsp3) is 0.533. The highest BCUT2D eigenvalue weighted by molar-refractivity contribution is 5.73. The Morgan fingerprint density at radius 1 is 1.06 bits per heavy atom. The molecule has 0 saturated heterocycles. The fourth-order valence-electron chi connectivity index (χ4n) is 2.14. The first-order valence-corrected chi connectivity index (χ1v) is 6.23. The Kier molecular flexibility index (Phi) is 5.20. The average Bonchev–Trinajstić information content (AvgIpc) is 2.27. The standard InChI is InChI=1S/C15H22O2/c1-11(2)14(12(3)4)15(16)17-10-13-8-6-5-7-9-13/h5-9,11-12,14H,10H2,1-4H3. The normalized spacial score (nSPS) is 11.2. The van der Waals surface area contributed by atoms with E-state index in [4.69, 9.17) is 4.74 Å². The molecule has 0 aliphatic rings. The molecule has 0 fully saturated rings. The van der Waals surface area contributed by atoms with Crippen molar-refractivity contribution in [2.24, 2.45) is 17.8 Å². The van der Waals surface area contributed by atoms with Crippen molar-refractivity contribution in [3.05, 3.63) is 35.9 Å². The van der Waals surface area contributed by atoms with Gasteiger partial charge in [0.15, 0.2) is 0 Å². The van der Waals surface area contributed by atoms with Gasteiger partial charge in [-0.25, -0.2) is 0 Å². The molecule has 0 bridgehead atoms. The van der Waals surface area contributed by atoms with Crippen LogP contribution < -0.4 is 0 Å². The molecule has 0 aliphatic carbocycles. The predicted molar refractivity (Wildman–Crippen MR) is 69.4 cm³/mol. The number of hydrogen-bond donors (Lipinski definition) is 0. The van der Waals surface area contributed by atoms with E-state index in [0.717, 1.165) is 5.56 Å². The second-order valence-electron chi connectivity index (χ2n) is 5.11. The number of esters is 1. The lowest BCUT2D eigenvalue weighted by molar-refractivity contribution is -0.153. The first-order valence-electron chi connectivity index (χ1n) is 6.23. The van der Waals surface area contributed by atoms with Gasteiger partial charge in [-0.15, -0.1) is 0 Å². The maximum absolute atomic E-state index is 12.0. The van der Waals surface area contributed by atoms with Crippen molar-refractivity contribution in [2.75, 3.05) is 0 Å². The van der Waals surface area contributed by atoms with E-state index in [-0.39, 0.29) is 11.9 Å². The van der Waals surface area contributed by atoms with Crippen molar-refractivity contribution >= 4 is 5.97 Å². The molecule has 0 N–H and O–H groups in total. The van der Waals surface area contributed by atoms with Gasteiger partial charge in [-0.3, -0.25) is 4.79 Å². The highest BCUT2D eigenvalue weighted by Gasteiger charge is 2.26. The first kappa shape index (κ1) is 13.8. The van der Waals surface area contributed by atoms with Crippen LogP contribution in [0.5, 0.6) is 0 Å². The molecule has 2 nitrogen and oxygen atoms in total. The Morgan fingerprint density at radius 2 is 1.59 bits per heavy atom. The molecular weight excluding hydrogens is 212 g/mol. The van der Waals surface area contributed by atoms with Gasteiger partial charge in [0.25, 0.3) is 0 Å². The van der Waals surface area contributed by atoms with Gasteiger partial charge in [0, 0.05) is 0 Å². The monoisotopic (exact) mass is 234 g/mol. The van der Waals surface area contributed by atoms with Crippen LogP contribution in [0.25, 0.3) is 0 Å². The molecule has 0 atom stereocenters. The second kappa shape index (κ2) is 6.43. The summed E-state index contributed by atoms with van der Waals surface area (Å²) in [4.78, 5) is 12.0. The van der Waals surface area contributed by atoms with Crippen LogP contribution in [0.15, 0.2) is 30.3 Å². The molecule has 1 aromatic carbocycles. The van der Waals surface area contributed by atoms with Crippen molar-refractivity contribution in [1.82, 2.24) is 0 Å². The van der Waals surface area contributed by atoms with E-state index >= 15 is 0 Å². The highest BCUT2D eigenvalue weighted by Crippen LogP contribution is 2.22.